The van der Waals surface area contributed by atoms with Gasteiger partial charge in [-0.1, -0.05) is 20.8 Å². The van der Waals surface area contributed by atoms with Crippen molar-refractivity contribution in [2.24, 2.45) is 5.41 Å². The Kier molecular flexibility index (Phi) is 3.90. The van der Waals surface area contributed by atoms with Crippen molar-refractivity contribution < 1.29 is 13.5 Å². The van der Waals surface area contributed by atoms with Gasteiger partial charge in [0.1, 0.15) is 6.61 Å². The van der Waals surface area contributed by atoms with E-state index in [-0.39, 0.29) is 23.5 Å². The highest BCUT2D eigenvalue weighted by atomic mass is 19.3. The molecule has 2 nitrogen and oxygen atoms in total. The van der Waals surface area contributed by atoms with Gasteiger partial charge in [0.2, 0.25) is 0 Å². The van der Waals surface area contributed by atoms with E-state index in [9.17, 15) is 8.78 Å². The van der Waals surface area contributed by atoms with Gasteiger partial charge in [0, 0.05) is 11.6 Å². The third kappa shape index (κ3) is 3.88. The van der Waals surface area contributed by atoms with Crippen LogP contribution in [0.5, 0.6) is 0 Å². The maximum atomic E-state index is 13.6. The van der Waals surface area contributed by atoms with Crippen LogP contribution in [0.2, 0.25) is 0 Å². The van der Waals surface area contributed by atoms with Crippen molar-refractivity contribution in [3.8, 4) is 0 Å². The second-order valence-corrected chi connectivity index (χ2v) is 7.05. The maximum Gasteiger partial charge on any atom is 0.283 e. The molecule has 102 valence electrons. The van der Waals surface area contributed by atoms with E-state index in [0.717, 1.165) is 0 Å². The number of rotatable bonds is 0. The van der Waals surface area contributed by atoms with Crippen molar-refractivity contribution in [2.45, 2.75) is 59.0 Å². The molecule has 4 heteroatoms. The van der Waals surface area contributed by atoms with Gasteiger partial charge in [-0.25, -0.2) is 8.78 Å². The Labute approximate surface area is 103 Å². The van der Waals surface area contributed by atoms with Crippen LogP contribution in [0.4, 0.5) is 8.78 Å². The lowest BCUT2D eigenvalue weighted by Crippen LogP contribution is -2.56. The Morgan fingerprint density at radius 2 is 1.65 bits per heavy atom. The molecule has 1 unspecified atom stereocenters. The van der Waals surface area contributed by atoms with Crippen LogP contribution in [0, 0.1) is 5.41 Å². The van der Waals surface area contributed by atoms with Gasteiger partial charge in [-0.15, -0.1) is 0 Å². The van der Waals surface area contributed by atoms with Crippen LogP contribution < -0.4 is 0 Å². The lowest BCUT2D eigenvalue weighted by Gasteiger charge is -2.46. The molecule has 1 heterocycles. The Bertz CT molecular complexity index is 266. The zero-order valence-corrected chi connectivity index (χ0v) is 11.8. The van der Waals surface area contributed by atoms with Crippen LogP contribution in [0.25, 0.3) is 0 Å². The largest absolute Gasteiger partial charge is 0.374 e. The van der Waals surface area contributed by atoms with Crippen molar-refractivity contribution in [3.05, 3.63) is 0 Å². The summed E-state index contributed by atoms with van der Waals surface area (Å²) in [5, 5.41) is 0. The van der Waals surface area contributed by atoms with Gasteiger partial charge in [-0.05, 0) is 26.2 Å². The first-order valence-electron chi connectivity index (χ1n) is 6.16. The summed E-state index contributed by atoms with van der Waals surface area (Å²) in [5.41, 5.74) is -0.358. The third-order valence-electron chi connectivity index (χ3n) is 3.23. The molecule has 1 atom stereocenters. The minimum Gasteiger partial charge on any atom is -0.374 e. The standard InChI is InChI=1S/C13H25F2NO/c1-11(2,3)10-7-17-9-13(14,15)8-16(10)12(4,5)6/h10H,7-9H2,1-6H3. The topological polar surface area (TPSA) is 12.5 Å². The summed E-state index contributed by atoms with van der Waals surface area (Å²) in [6, 6.07) is 0.0101. The van der Waals surface area contributed by atoms with Gasteiger partial charge in [0.25, 0.3) is 5.92 Å². The molecule has 1 rings (SSSR count). The minimum atomic E-state index is -2.76. The van der Waals surface area contributed by atoms with Crippen molar-refractivity contribution in [1.29, 1.82) is 0 Å². The lowest BCUT2D eigenvalue weighted by molar-refractivity contribution is -0.0794. The zero-order chi connectivity index (χ0) is 13.5. The zero-order valence-electron chi connectivity index (χ0n) is 11.8. The van der Waals surface area contributed by atoms with Crippen molar-refractivity contribution in [3.63, 3.8) is 0 Å². The summed E-state index contributed by atoms with van der Waals surface area (Å²) in [7, 11) is 0. The Morgan fingerprint density at radius 3 is 2.06 bits per heavy atom. The fourth-order valence-corrected chi connectivity index (χ4v) is 2.24. The van der Waals surface area contributed by atoms with Gasteiger partial charge in [0.15, 0.2) is 0 Å². The lowest BCUT2D eigenvalue weighted by atomic mass is 9.83. The molecule has 0 aliphatic carbocycles. The first kappa shape index (κ1) is 14.8. The molecular weight excluding hydrogens is 224 g/mol. The van der Waals surface area contributed by atoms with E-state index in [1.165, 1.54) is 0 Å². The van der Waals surface area contributed by atoms with Crippen LogP contribution in [-0.4, -0.2) is 42.2 Å². The quantitative estimate of drug-likeness (QED) is 0.654. The van der Waals surface area contributed by atoms with Crippen LogP contribution in [0.15, 0.2) is 0 Å². The summed E-state index contributed by atoms with van der Waals surface area (Å²) >= 11 is 0. The normalized spacial score (nSPS) is 27.9. The van der Waals surface area contributed by atoms with Gasteiger partial charge in [0.05, 0.1) is 13.2 Å². The van der Waals surface area contributed by atoms with E-state index in [2.05, 4.69) is 20.8 Å². The first-order chi connectivity index (χ1) is 7.43. The average Bonchev–Trinajstić information content (AvgIpc) is 2.20. The molecule has 0 aromatic heterocycles. The molecule has 0 N–H and O–H groups in total. The molecular formula is C13H25F2NO. The molecule has 0 radical (unpaired) electrons. The van der Waals surface area contributed by atoms with Gasteiger partial charge < -0.3 is 4.74 Å². The number of alkyl halides is 2. The van der Waals surface area contributed by atoms with Crippen LogP contribution in [-0.2, 0) is 4.74 Å². The highest BCUT2D eigenvalue weighted by Gasteiger charge is 2.45. The van der Waals surface area contributed by atoms with Crippen LogP contribution in [0.1, 0.15) is 41.5 Å². The fourth-order valence-electron chi connectivity index (χ4n) is 2.24. The second-order valence-electron chi connectivity index (χ2n) is 7.05. The van der Waals surface area contributed by atoms with Crippen molar-refractivity contribution >= 4 is 0 Å². The Balaban J connectivity index is 3.03. The summed E-state index contributed by atoms with van der Waals surface area (Å²) in [6.07, 6.45) is 0. The number of halogens is 2. The highest BCUT2D eigenvalue weighted by Crippen LogP contribution is 2.34. The smallest absolute Gasteiger partial charge is 0.283 e. The van der Waals surface area contributed by atoms with Gasteiger partial charge >= 0.3 is 0 Å². The molecule has 0 amide bonds. The number of hydrogen-bond acceptors (Lipinski definition) is 2. The highest BCUT2D eigenvalue weighted by molar-refractivity contribution is 4.94. The molecule has 0 spiro atoms. The van der Waals surface area contributed by atoms with Gasteiger partial charge in [-0.3, -0.25) is 4.90 Å². The molecule has 0 aromatic rings. The predicted molar refractivity (Wildman–Crippen MR) is 65.5 cm³/mol. The van der Waals surface area contributed by atoms with E-state index in [1.807, 2.05) is 25.7 Å². The molecule has 0 aromatic carbocycles. The number of ether oxygens (including phenoxy) is 1. The molecule has 1 aliphatic heterocycles. The molecule has 1 fully saturated rings. The molecule has 17 heavy (non-hydrogen) atoms. The predicted octanol–water partition coefficient (Wildman–Crippen LogP) is 3.17. The third-order valence-corrected chi connectivity index (χ3v) is 3.23. The van der Waals surface area contributed by atoms with E-state index in [0.29, 0.717) is 6.61 Å². The summed E-state index contributed by atoms with van der Waals surface area (Å²) < 4.78 is 32.5. The average molecular weight is 249 g/mol. The van der Waals surface area contributed by atoms with Gasteiger partial charge in [-0.2, -0.15) is 0 Å². The Hall–Kier alpha value is -0.220. The Morgan fingerprint density at radius 1 is 1.12 bits per heavy atom. The SMILES string of the molecule is CC(C)(C)C1COCC(F)(F)CN1C(C)(C)C. The van der Waals surface area contributed by atoms with Crippen LogP contribution in [0.3, 0.4) is 0 Å². The van der Waals surface area contributed by atoms with E-state index < -0.39 is 12.5 Å². The molecule has 1 saturated heterocycles. The molecule has 0 saturated carbocycles. The summed E-state index contributed by atoms with van der Waals surface area (Å²) in [4.78, 5) is 1.89. The first-order valence-corrected chi connectivity index (χ1v) is 6.16. The second kappa shape index (κ2) is 4.47. The molecule has 0 bridgehead atoms. The number of hydrogen-bond donors (Lipinski definition) is 0. The minimum absolute atomic E-state index is 0.0101. The van der Waals surface area contributed by atoms with Crippen LogP contribution >= 0.6 is 0 Å². The van der Waals surface area contributed by atoms with E-state index >= 15 is 0 Å². The maximum absolute atomic E-state index is 13.6. The van der Waals surface area contributed by atoms with E-state index in [4.69, 9.17) is 4.74 Å². The summed E-state index contributed by atoms with van der Waals surface area (Å²) in [6.45, 7) is 11.8. The van der Waals surface area contributed by atoms with Crippen molar-refractivity contribution in [1.82, 2.24) is 4.90 Å². The molecule has 1 aliphatic rings. The fraction of sp³-hybridized carbons (Fsp3) is 1.00. The van der Waals surface area contributed by atoms with E-state index in [1.54, 1.807) is 0 Å². The monoisotopic (exact) mass is 249 g/mol. The van der Waals surface area contributed by atoms with Crippen molar-refractivity contribution in [2.75, 3.05) is 19.8 Å². The summed E-state index contributed by atoms with van der Waals surface area (Å²) in [5.74, 6) is -2.76. The number of nitrogens with zero attached hydrogens (tertiary/aromatic N) is 1.